The highest BCUT2D eigenvalue weighted by molar-refractivity contribution is 5.92. The van der Waals surface area contributed by atoms with Crippen LogP contribution in [0.4, 0.5) is 4.39 Å². The van der Waals surface area contributed by atoms with Crippen molar-refractivity contribution in [1.29, 1.82) is 0 Å². The molecule has 1 aliphatic heterocycles. The minimum Gasteiger partial charge on any atom is -0.349 e. The Morgan fingerprint density at radius 3 is 2.74 bits per heavy atom. The first kappa shape index (κ1) is 19.2. The molecular weight excluding hydrogens is 347 g/mol. The number of halogens is 1. The quantitative estimate of drug-likeness (QED) is 0.874. The van der Waals surface area contributed by atoms with Gasteiger partial charge in [0.25, 0.3) is 11.5 Å². The summed E-state index contributed by atoms with van der Waals surface area (Å²) in [6.07, 6.45) is 2.44. The van der Waals surface area contributed by atoms with Gasteiger partial charge in [0.2, 0.25) is 0 Å². The van der Waals surface area contributed by atoms with Crippen molar-refractivity contribution >= 4 is 5.91 Å². The normalized spacial score (nSPS) is 18.9. The summed E-state index contributed by atoms with van der Waals surface area (Å²) in [6, 6.07) is 8.33. The molecule has 144 valence electrons. The van der Waals surface area contributed by atoms with Crippen LogP contribution in [0.2, 0.25) is 0 Å². The average molecular weight is 372 g/mol. The molecule has 0 saturated carbocycles. The molecule has 1 aromatic carbocycles. The molecule has 1 N–H and O–H groups in total. The fourth-order valence-electron chi connectivity index (χ4n) is 3.39. The molecule has 0 aliphatic carbocycles. The zero-order valence-corrected chi connectivity index (χ0v) is 15.7. The van der Waals surface area contributed by atoms with E-state index in [-0.39, 0.29) is 23.2 Å². The largest absolute Gasteiger partial charge is 0.349 e. The lowest BCUT2D eigenvalue weighted by atomic mass is 9.99. The Hall–Kier alpha value is -2.54. The van der Waals surface area contributed by atoms with Crippen LogP contribution in [0.3, 0.4) is 0 Å². The molecule has 2 atom stereocenters. The van der Waals surface area contributed by atoms with Crippen molar-refractivity contribution in [3.8, 4) is 5.69 Å². The molecule has 0 spiro atoms. The Kier molecular flexibility index (Phi) is 6.01. The Morgan fingerprint density at radius 1 is 1.30 bits per heavy atom. The highest BCUT2D eigenvalue weighted by Crippen LogP contribution is 2.17. The number of nitrogens with zero attached hydrogens (tertiary/aromatic N) is 3. The van der Waals surface area contributed by atoms with Crippen LogP contribution >= 0.6 is 0 Å². The first-order valence-electron chi connectivity index (χ1n) is 9.32. The van der Waals surface area contributed by atoms with E-state index in [2.05, 4.69) is 29.2 Å². The second-order valence-corrected chi connectivity index (χ2v) is 7.25. The Morgan fingerprint density at radius 2 is 2.04 bits per heavy atom. The SMILES string of the molecule is C[C@H]1CCCN([C@H](C)CNC(=O)c2ccc(=O)n(-c3ccc(F)cc3)n2)C1. The lowest BCUT2D eigenvalue weighted by molar-refractivity contribution is 0.0911. The molecular formula is C20H25FN4O2. The zero-order chi connectivity index (χ0) is 19.4. The molecule has 7 heteroatoms. The van der Waals surface area contributed by atoms with Gasteiger partial charge in [-0.3, -0.25) is 14.5 Å². The molecule has 1 fully saturated rings. The van der Waals surface area contributed by atoms with Crippen molar-refractivity contribution in [3.63, 3.8) is 0 Å². The summed E-state index contributed by atoms with van der Waals surface area (Å²) in [4.78, 5) is 26.9. The van der Waals surface area contributed by atoms with Gasteiger partial charge in [0.15, 0.2) is 0 Å². The van der Waals surface area contributed by atoms with Gasteiger partial charge in [-0.1, -0.05) is 6.92 Å². The van der Waals surface area contributed by atoms with Crippen molar-refractivity contribution < 1.29 is 9.18 Å². The standard InChI is InChI=1S/C20H25FN4O2/c1-14-4-3-11-24(13-14)15(2)12-22-20(27)18-9-10-19(26)25(23-18)17-7-5-16(21)6-8-17/h5-10,14-15H,3-4,11-13H2,1-2H3,(H,22,27)/t14-,15+/m0/s1. The number of amides is 1. The molecule has 0 bridgehead atoms. The van der Waals surface area contributed by atoms with Crippen LogP contribution in [0.1, 0.15) is 37.2 Å². The van der Waals surface area contributed by atoms with Crippen LogP contribution in [0, 0.1) is 11.7 Å². The molecule has 2 aromatic rings. The molecule has 1 saturated heterocycles. The van der Waals surface area contributed by atoms with Crippen molar-refractivity contribution in [1.82, 2.24) is 20.0 Å². The number of aromatic nitrogens is 2. The summed E-state index contributed by atoms with van der Waals surface area (Å²) < 4.78 is 14.2. The maximum Gasteiger partial charge on any atom is 0.271 e. The van der Waals surface area contributed by atoms with Crippen LogP contribution in [0.25, 0.3) is 5.69 Å². The summed E-state index contributed by atoms with van der Waals surface area (Å²) in [5.41, 5.74) is 0.179. The summed E-state index contributed by atoms with van der Waals surface area (Å²) in [5.74, 6) is -0.0534. The number of nitrogens with one attached hydrogen (secondary N) is 1. The van der Waals surface area contributed by atoms with Crippen LogP contribution in [-0.4, -0.2) is 46.3 Å². The average Bonchev–Trinajstić information content (AvgIpc) is 2.67. The van der Waals surface area contributed by atoms with Gasteiger partial charge in [-0.15, -0.1) is 0 Å². The van der Waals surface area contributed by atoms with E-state index in [0.29, 0.717) is 18.2 Å². The monoisotopic (exact) mass is 372 g/mol. The van der Waals surface area contributed by atoms with Gasteiger partial charge in [0, 0.05) is 25.2 Å². The van der Waals surface area contributed by atoms with E-state index in [4.69, 9.17) is 0 Å². The Balaban J connectivity index is 1.67. The van der Waals surface area contributed by atoms with Gasteiger partial charge in [-0.25, -0.2) is 4.39 Å². The van der Waals surface area contributed by atoms with Crippen molar-refractivity contribution in [2.45, 2.75) is 32.7 Å². The first-order chi connectivity index (χ1) is 12.9. The van der Waals surface area contributed by atoms with Gasteiger partial charge < -0.3 is 5.32 Å². The molecule has 2 heterocycles. The van der Waals surface area contributed by atoms with Crippen LogP contribution < -0.4 is 10.9 Å². The number of benzene rings is 1. The van der Waals surface area contributed by atoms with Crippen molar-refractivity contribution in [2.24, 2.45) is 5.92 Å². The molecule has 3 rings (SSSR count). The molecule has 1 aliphatic rings. The third-order valence-corrected chi connectivity index (χ3v) is 4.97. The molecule has 1 amide bonds. The summed E-state index contributed by atoms with van der Waals surface area (Å²) >= 11 is 0. The van der Waals surface area contributed by atoms with Gasteiger partial charge in [-0.2, -0.15) is 9.78 Å². The number of carbonyl (C=O) groups excluding carboxylic acids is 1. The minimum atomic E-state index is -0.401. The van der Waals surface area contributed by atoms with E-state index in [1.807, 2.05) is 0 Å². The maximum atomic E-state index is 13.1. The molecule has 1 aromatic heterocycles. The number of carbonyl (C=O) groups is 1. The molecule has 27 heavy (non-hydrogen) atoms. The van der Waals surface area contributed by atoms with Gasteiger partial charge in [0.1, 0.15) is 11.5 Å². The van der Waals surface area contributed by atoms with E-state index in [1.54, 1.807) is 0 Å². The number of hydrogen-bond donors (Lipinski definition) is 1. The second-order valence-electron chi connectivity index (χ2n) is 7.25. The third kappa shape index (κ3) is 4.80. The Bertz CT molecular complexity index is 850. The third-order valence-electron chi connectivity index (χ3n) is 4.97. The highest BCUT2D eigenvalue weighted by atomic mass is 19.1. The van der Waals surface area contributed by atoms with E-state index in [0.717, 1.165) is 17.8 Å². The predicted octanol–water partition coefficient (Wildman–Crippen LogP) is 2.22. The number of piperidine rings is 1. The molecule has 0 unspecified atom stereocenters. The number of likely N-dealkylation sites (tertiary alicyclic amines) is 1. The second kappa shape index (κ2) is 8.43. The highest BCUT2D eigenvalue weighted by Gasteiger charge is 2.21. The summed E-state index contributed by atoms with van der Waals surface area (Å²) in [6.45, 7) is 6.97. The summed E-state index contributed by atoms with van der Waals surface area (Å²) in [5, 5.41) is 7.03. The van der Waals surface area contributed by atoms with E-state index >= 15 is 0 Å². The Labute approximate surface area is 158 Å². The molecule has 6 nitrogen and oxygen atoms in total. The fourth-order valence-corrected chi connectivity index (χ4v) is 3.39. The van der Waals surface area contributed by atoms with Gasteiger partial charge in [0.05, 0.1) is 5.69 Å². The lowest BCUT2D eigenvalue weighted by Gasteiger charge is -2.35. The fraction of sp³-hybridized carbons (Fsp3) is 0.450. The van der Waals surface area contributed by atoms with Crippen LogP contribution in [0.15, 0.2) is 41.2 Å². The zero-order valence-electron chi connectivity index (χ0n) is 15.7. The minimum absolute atomic E-state index is 0.151. The van der Waals surface area contributed by atoms with Crippen molar-refractivity contribution in [2.75, 3.05) is 19.6 Å². The van der Waals surface area contributed by atoms with Gasteiger partial charge in [-0.05, 0) is 62.6 Å². The lowest BCUT2D eigenvalue weighted by Crippen LogP contribution is -2.46. The van der Waals surface area contributed by atoms with Crippen molar-refractivity contribution in [3.05, 3.63) is 58.3 Å². The topological polar surface area (TPSA) is 67.2 Å². The maximum absolute atomic E-state index is 13.1. The van der Waals surface area contributed by atoms with Gasteiger partial charge >= 0.3 is 0 Å². The number of hydrogen-bond acceptors (Lipinski definition) is 4. The van der Waals surface area contributed by atoms with E-state index in [1.165, 1.54) is 49.2 Å². The first-order valence-corrected chi connectivity index (χ1v) is 9.32. The number of rotatable bonds is 5. The van der Waals surface area contributed by atoms with Crippen LogP contribution in [0.5, 0.6) is 0 Å². The van der Waals surface area contributed by atoms with Crippen LogP contribution in [-0.2, 0) is 0 Å². The molecule has 0 radical (unpaired) electrons. The van der Waals surface area contributed by atoms with E-state index in [9.17, 15) is 14.0 Å². The van der Waals surface area contributed by atoms with E-state index < -0.39 is 5.82 Å². The predicted molar refractivity (Wildman–Crippen MR) is 102 cm³/mol. The summed E-state index contributed by atoms with van der Waals surface area (Å²) in [7, 11) is 0. The smallest absolute Gasteiger partial charge is 0.271 e.